The summed E-state index contributed by atoms with van der Waals surface area (Å²) in [7, 11) is 0. The molecule has 0 fully saturated rings. The van der Waals surface area contributed by atoms with Crippen molar-refractivity contribution < 1.29 is 19.5 Å². The Morgan fingerprint density at radius 2 is 2.23 bits per heavy atom. The Bertz CT molecular complexity index is 893. The fraction of sp³-hybridized carbons (Fsp3) is 0.421. The molecule has 2 aromatic rings. The summed E-state index contributed by atoms with van der Waals surface area (Å²) in [4.78, 5) is 19.9. The van der Waals surface area contributed by atoms with Gasteiger partial charge in [-0.25, -0.2) is 4.79 Å². The van der Waals surface area contributed by atoms with Gasteiger partial charge in [-0.15, -0.1) is 17.1 Å². The van der Waals surface area contributed by atoms with Gasteiger partial charge >= 0.3 is 6.09 Å². The van der Waals surface area contributed by atoms with Crippen LogP contribution in [0, 0.1) is 0 Å². The smallest absolute Gasteiger partial charge is 0.414 e. The highest BCUT2D eigenvalue weighted by Crippen LogP contribution is 2.48. The Morgan fingerprint density at radius 1 is 1.46 bits per heavy atom. The van der Waals surface area contributed by atoms with Gasteiger partial charge in [-0.2, -0.15) is 0 Å². The highest BCUT2D eigenvalue weighted by atomic mass is 35.5. The lowest BCUT2D eigenvalue weighted by Gasteiger charge is -2.27. The lowest BCUT2D eigenvalue weighted by Crippen LogP contribution is -2.36. The maximum atomic E-state index is 12.7. The van der Waals surface area contributed by atoms with Crippen molar-refractivity contribution in [1.29, 1.82) is 0 Å². The van der Waals surface area contributed by atoms with Gasteiger partial charge in [0.25, 0.3) is 0 Å². The molecule has 2 aliphatic rings. The van der Waals surface area contributed by atoms with Crippen molar-refractivity contribution in [2.24, 2.45) is 0 Å². The lowest BCUT2D eigenvalue weighted by atomic mass is 9.92. The van der Waals surface area contributed by atoms with Crippen molar-refractivity contribution in [1.82, 2.24) is 5.48 Å². The Morgan fingerprint density at radius 3 is 2.92 bits per heavy atom. The molecule has 6 nitrogen and oxygen atoms in total. The van der Waals surface area contributed by atoms with E-state index in [0.717, 1.165) is 27.6 Å². The van der Waals surface area contributed by atoms with Crippen molar-refractivity contribution >= 4 is 34.2 Å². The summed E-state index contributed by atoms with van der Waals surface area (Å²) in [6.45, 7) is 5.97. The second-order valence-corrected chi connectivity index (χ2v) is 7.95. The minimum Gasteiger partial charge on any atom is -0.443 e. The molecule has 0 spiro atoms. The van der Waals surface area contributed by atoms with Crippen LogP contribution in [0.5, 0.6) is 5.75 Å². The maximum absolute atomic E-state index is 12.7. The van der Waals surface area contributed by atoms with Crippen LogP contribution in [0.1, 0.15) is 44.0 Å². The molecular weight excluding hydrogens is 356 g/mol. The van der Waals surface area contributed by atoms with Gasteiger partial charge in [-0.1, -0.05) is 18.2 Å². The van der Waals surface area contributed by atoms with Crippen LogP contribution in [-0.4, -0.2) is 29.2 Å². The largest absolute Gasteiger partial charge is 0.443 e. The molecule has 0 aromatic heterocycles. The van der Waals surface area contributed by atoms with Crippen molar-refractivity contribution in [2.75, 3.05) is 17.3 Å². The predicted molar refractivity (Wildman–Crippen MR) is 99.7 cm³/mol. The van der Waals surface area contributed by atoms with E-state index < -0.39 is 17.9 Å². The second-order valence-electron chi connectivity index (χ2n) is 7.64. The van der Waals surface area contributed by atoms with E-state index in [1.54, 1.807) is 4.90 Å². The third kappa shape index (κ3) is 2.69. The van der Waals surface area contributed by atoms with Crippen LogP contribution in [0.3, 0.4) is 0 Å². The third-order valence-electron chi connectivity index (χ3n) is 4.65. The Labute approximate surface area is 156 Å². The summed E-state index contributed by atoms with van der Waals surface area (Å²) in [5.41, 5.74) is 4.48. The number of fused-ring (bicyclic) bond motifs is 2. The lowest BCUT2D eigenvalue weighted by molar-refractivity contribution is 0.0144. The van der Waals surface area contributed by atoms with Crippen LogP contribution < -0.4 is 15.2 Å². The molecule has 2 atom stereocenters. The number of halogens is 1. The first-order chi connectivity index (χ1) is 12.3. The molecule has 0 bridgehead atoms. The molecule has 0 aliphatic carbocycles. The van der Waals surface area contributed by atoms with E-state index in [-0.39, 0.29) is 5.92 Å². The summed E-state index contributed by atoms with van der Waals surface area (Å²) in [6.07, 6.45) is -1.31. The SMILES string of the molecule is CC(C)(C)OC(=O)N1CC(CCl)c2c1cc1c3c(cccc23)C(O)NO1. The number of nitrogens with one attached hydrogen (secondary N) is 1. The summed E-state index contributed by atoms with van der Waals surface area (Å²) < 4.78 is 5.56. The number of amides is 1. The van der Waals surface area contributed by atoms with Gasteiger partial charge in [0.2, 0.25) is 0 Å². The van der Waals surface area contributed by atoms with E-state index in [4.69, 9.17) is 21.2 Å². The quantitative estimate of drug-likeness (QED) is 0.741. The number of aliphatic hydroxyl groups is 1. The number of hydrogen-bond donors (Lipinski definition) is 2. The van der Waals surface area contributed by atoms with E-state index in [1.807, 2.05) is 45.0 Å². The third-order valence-corrected chi connectivity index (χ3v) is 5.03. The second kappa shape index (κ2) is 6.01. The van der Waals surface area contributed by atoms with E-state index in [1.165, 1.54) is 0 Å². The Balaban J connectivity index is 1.90. The molecule has 7 heteroatoms. The first kappa shape index (κ1) is 17.4. The number of nitrogens with zero attached hydrogens (tertiary/aromatic N) is 1. The number of carbonyl (C=O) groups excluding carboxylic acids is 1. The van der Waals surface area contributed by atoms with Crippen LogP contribution in [0.4, 0.5) is 10.5 Å². The standard InChI is InChI=1S/C19H21ClN2O4/c1-19(2,3)25-18(24)22-9-10(8-20)15-11-5-4-6-12-16(11)14(7-13(15)22)26-21-17(12)23/h4-7,10,17,21,23H,8-9H2,1-3H3. The number of rotatable bonds is 1. The highest BCUT2D eigenvalue weighted by Gasteiger charge is 2.38. The molecule has 138 valence electrons. The number of aliphatic hydroxyl groups excluding tert-OH is 1. The monoisotopic (exact) mass is 376 g/mol. The molecule has 0 saturated carbocycles. The van der Waals surface area contributed by atoms with Crippen LogP contribution in [0.15, 0.2) is 24.3 Å². The molecule has 2 unspecified atom stereocenters. The van der Waals surface area contributed by atoms with Gasteiger partial charge in [-0.05, 0) is 31.7 Å². The first-order valence-electron chi connectivity index (χ1n) is 8.56. The number of anilines is 1. The van der Waals surface area contributed by atoms with Gasteiger partial charge in [0, 0.05) is 35.4 Å². The number of hydroxylamine groups is 1. The minimum atomic E-state index is -0.901. The number of carbonyl (C=O) groups is 1. The fourth-order valence-corrected chi connectivity index (χ4v) is 3.90. The average molecular weight is 377 g/mol. The molecular formula is C19H21ClN2O4. The van der Waals surface area contributed by atoms with Crippen molar-refractivity contribution in [2.45, 2.75) is 38.5 Å². The zero-order valence-electron chi connectivity index (χ0n) is 14.9. The van der Waals surface area contributed by atoms with Crippen molar-refractivity contribution in [3.05, 3.63) is 35.4 Å². The van der Waals surface area contributed by atoms with Gasteiger partial charge in [0.05, 0.1) is 5.69 Å². The molecule has 26 heavy (non-hydrogen) atoms. The molecule has 0 radical (unpaired) electrons. The number of benzene rings is 2. The van der Waals surface area contributed by atoms with E-state index in [0.29, 0.717) is 18.2 Å². The fourth-order valence-electron chi connectivity index (χ4n) is 3.65. The topological polar surface area (TPSA) is 71.0 Å². The Kier molecular flexibility index (Phi) is 4.02. The molecule has 2 heterocycles. The summed E-state index contributed by atoms with van der Waals surface area (Å²) in [5, 5.41) is 11.9. The molecule has 0 saturated heterocycles. The zero-order valence-corrected chi connectivity index (χ0v) is 15.6. The molecule has 2 aliphatic heterocycles. The summed E-state index contributed by atoms with van der Waals surface area (Å²) >= 11 is 6.22. The zero-order chi connectivity index (χ0) is 18.6. The van der Waals surface area contributed by atoms with E-state index in [9.17, 15) is 9.90 Å². The number of ether oxygens (including phenoxy) is 1. The first-order valence-corrected chi connectivity index (χ1v) is 9.10. The number of alkyl halides is 1. The predicted octanol–water partition coefficient (Wildman–Crippen LogP) is 3.81. The normalized spacial score (nSPS) is 21.5. The van der Waals surface area contributed by atoms with Crippen molar-refractivity contribution in [3.8, 4) is 5.75 Å². The molecule has 2 N–H and O–H groups in total. The van der Waals surface area contributed by atoms with Crippen LogP contribution in [0.25, 0.3) is 10.8 Å². The van der Waals surface area contributed by atoms with Gasteiger partial charge in [0.15, 0.2) is 12.0 Å². The van der Waals surface area contributed by atoms with Gasteiger partial charge < -0.3 is 14.7 Å². The van der Waals surface area contributed by atoms with E-state index >= 15 is 0 Å². The highest BCUT2D eigenvalue weighted by molar-refractivity contribution is 6.19. The Hall–Kier alpha value is -2.02. The molecule has 4 rings (SSSR count). The van der Waals surface area contributed by atoms with Crippen molar-refractivity contribution in [3.63, 3.8) is 0 Å². The van der Waals surface area contributed by atoms with Crippen LogP contribution >= 0.6 is 11.6 Å². The molecule has 2 aromatic carbocycles. The van der Waals surface area contributed by atoms with Gasteiger partial charge in [0.1, 0.15) is 5.60 Å². The van der Waals surface area contributed by atoms with Crippen LogP contribution in [0.2, 0.25) is 0 Å². The summed E-state index contributed by atoms with van der Waals surface area (Å²) in [5.74, 6) is 0.936. The van der Waals surface area contributed by atoms with Gasteiger partial charge in [-0.3, -0.25) is 4.90 Å². The summed E-state index contributed by atoms with van der Waals surface area (Å²) in [6, 6.07) is 7.53. The van der Waals surface area contributed by atoms with E-state index in [2.05, 4.69) is 5.48 Å². The van der Waals surface area contributed by atoms with Crippen LogP contribution in [-0.2, 0) is 4.74 Å². The average Bonchev–Trinajstić information content (AvgIpc) is 2.95. The number of hydrogen-bond acceptors (Lipinski definition) is 5. The molecule has 1 amide bonds. The minimum absolute atomic E-state index is 0.0180. The maximum Gasteiger partial charge on any atom is 0.414 e.